The van der Waals surface area contributed by atoms with Crippen LogP contribution in [0.15, 0.2) is 0 Å². The number of carbonyl (C=O) groups is 2. The summed E-state index contributed by atoms with van der Waals surface area (Å²) in [6.45, 7) is 9.09. The smallest absolute Gasteiger partial charge is 0.239 e. The molecular formula is C15H31N3O2. The van der Waals surface area contributed by atoms with Crippen molar-refractivity contribution in [2.75, 3.05) is 13.1 Å². The van der Waals surface area contributed by atoms with E-state index in [0.29, 0.717) is 19.0 Å². The highest BCUT2D eigenvalue weighted by Gasteiger charge is 2.28. The van der Waals surface area contributed by atoms with Crippen LogP contribution in [0.5, 0.6) is 0 Å². The van der Waals surface area contributed by atoms with Crippen LogP contribution in [0.2, 0.25) is 0 Å². The van der Waals surface area contributed by atoms with E-state index in [4.69, 9.17) is 5.73 Å². The standard InChI is InChI=1S/C13H25N3O2.C2H6/c1-10-6-5-9-16(10)13(18)12(14)7-3-4-8-15-11(2)17;1-2/h10,12H,3-9,14H2,1-2H3,(H,15,17);1-2H3/t10-,12+;/m1./s1. The Morgan fingerprint density at radius 3 is 2.50 bits per heavy atom. The Bertz CT molecular complexity index is 295. The van der Waals surface area contributed by atoms with Crippen LogP contribution in [0.1, 0.15) is 59.8 Å². The average Bonchev–Trinajstić information content (AvgIpc) is 2.85. The monoisotopic (exact) mass is 285 g/mol. The quantitative estimate of drug-likeness (QED) is 0.729. The predicted molar refractivity (Wildman–Crippen MR) is 82.3 cm³/mol. The Kier molecular flexibility index (Phi) is 10.1. The second kappa shape index (κ2) is 10.7. The van der Waals surface area contributed by atoms with E-state index < -0.39 is 0 Å². The van der Waals surface area contributed by atoms with Crippen LogP contribution >= 0.6 is 0 Å². The van der Waals surface area contributed by atoms with E-state index in [2.05, 4.69) is 12.2 Å². The fourth-order valence-electron chi connectivity index (χ4n) is 2.35. The highest BCUT2D eigenvalue weighted by molar-refractivity contribution is 5.82. The van der Waals surface area contributed by atoms with Crippen LogP contribution in [0.4, 0.5) is 0 Å². The molecule has 0 spiro atoms. The summed E-state index contributed by atoms with van der Waals surface area (Å²) in [7, 11) is 0. The van der Waals surface area contributed by atoms with Gasteiger partial charge in [-0.15, -0.1) is 0 Å². The Labute approximate surface area is 123 Å². The molecule has 2 atom stereocenters. The van der Waals surface area contributed by atoms with Crippen molar-refractivity contribution in [3.63, 3.8) is 0 Å². The van der Waals surface area contributed by atoms with E-state index in [1.165, 1.54) is 6.92 Å². The molecule has 0 aromatic heterocycles. The van der Waals surface area contributed by atoms with Gasteiger partial charge in [0.1, 0.15) is 0 Å². The van der Waals surface area contributed by atoms with Gasteiger partial charge in [-0.05, 0) is 39.0 Å². The first-order valence-electron chi connectivity index (χ1n) is 7.83. The Morgan fingerprint density at radius 1 is 1.35 bits per heavy atom. The lowest BCUT2D eigenvalue weighted by Gasteiger charge is -2.24. The first kappa shape index (κ1) is 18.9. The van der Waals surface area contributed by atoms with Crippen molar-refractivity contribution in [3.05, 3.63) is 0 Å². The predicted octanol–water partition coefficient (Wildman–Crippen LogP) is 1.66. The fraction of sp³-hybridized carbons (Fsp3) is 0.867. The van der Waals surface area contributed by atoms with E-state index in [9.17, 15) is 9.59 Å². The minimum atomic E-state index is -0.386. The van der Waals surface area contributed by atoms with Gasteiger partial charge < -0.3 is 16.0 Å². The number of hydrogen-bond donors (Lipinski definition) is 2. The minimum absolute atomic E-state index is 0.0127. The van der Waals surface area contributed by atoms with Gasteiger partial charge in [0.15, 0.2) is 0 Å². The van der Waals surface area contributed by atoms with Crippen molar-refractivity contribution < 1.29 is 9.59 Å². The van der Waals surface area contributed by atoms with Crippen molar-refractivity contribution in [2.24, 2.45) is 5.73 Å². The average molecular weight is 285 g/mol. The maximum absolute atomic E-state index is 12.1. The van der Waals surface area contributed by atoms with E-state index in [1.807, 2.05) is 18.7 Å². The summed E-state index contributed by atoms with van der Waals surface area (Å²) in [6, 6.07) is -0.0502. The number of hydrogen-bond acceptors (Lipinski definition) is 3. The van der Waals surface area contributed by atoms with Gasteiger partial charge in [-0.25, -0.2) is 0 Å². The number of nitrogens with two attached hydrogens (primary N) is 1. The molecule has 118 valence electrons. The number of amides is 2. The SMILES string of the molecule is CC.CC(=O)NCCCC[C@H](N)C(=O)N1CCC[C@H]1C. The largest absolute Gasteiger partial charge is 0.356 e. The zero-order valence-electron chi connectivity index (χ0n) is 13.4. The van der Waals surface area contributed by atoms with Crippen molar-refractivity contribution in [1.82, 2.24) is 10.2 Å². The molecule has 3 N–H and O–H groups in total. The van der Waals surface area contributed by atoms with Crippen LogP contribution in [0.3, 0.4) is 0 Å². The summed E-state index contributed by atoms with van der Waals surface area (Å²) in [5.41, 5.74) is 5.92. The van der Waals surface area contributed by atoms with E-state index in [-0.39, 0.29) is 17.9 Å². The van der Waals surface area contributed by atoms with Crippen molar-refractivity contribution in [1.29, 1.82) is 0 Å². The molecule has 2 amide bonds. The van der Waals surface area contributed by atoms with Gasteiger partial charge in [0.05, 0.1) is 6.04 Å². The Morgan fingerprint density at radius 2 is 2.00 bits per heavy atom. The second-order valence-electron chi connectivity index (χ2n) is 5.11. The molecule has 1 rings (SSSR count). The fourth-order valence-corrected chi connectivity index (χ4v) is 2.35. The molecule has 5 nitrogen and oxygen atoms in total. The number of nitrogens with zero attached hydrogens (tertiary/aromatic N) is 1. The van der Waals surface area contributed by atoms with E-state index in [1.54, 1.807) is 0 Å². The lowest BCUT2D eigenvalue weighted by molar-refractivity contribution is -0.133. The topological polar surface area (TPSA) is 75.4 Å². The molecule has 0 radical (unpaired) electrons. The second-order valence-corrected chi connectivity index (χ2v) is 5.11. The van der Waals surface area contributed by atoms with Gasteiger partial charge >= 0.3 is 0 Å². The van der Waals surface area contributed by atoms with Crippen molar-refractivity contribution >= 4 is 11.8 Å². The summed E-state index contributed by atoms with van der Waals surface area (Å²) in [5.74, 6) is 0.0702. The molecule has 5 heteroatoms. The maximum Gasteiger partial charge on any atom is 0.239 e. The highest BCUT2D eigenvalue weighted by atomic mass is 16.2. The minimum Gasteiger partial charge on any atom is -0.356 e. The zero-order chi connectivity index (χ0) is 15.5. The van der Waals surface area contributed by atoms with Gasteiger partial charge in [0, 0.05) is 26.1 Å². The lowest BCUT2D eigenvalue weighted by atomic mass is 10.1. The summed E-state index contributed by atoms with van der Waals surface area (Å²) in [5, 5.41) is 2.74. The van der Waals surface area contributed by atoms with Gasteiger partial charge in [0.2, 0.25) is 11.8 Å². The van der Waals surface area contributed by atoms with Gasteiger partial charge in [-0.3, -0.25) is 9.59 Å². The molecule has 0 aromatic rings. The highest BCUT2D eigenvalue weighted by Crippen LogP contribution is 2.18. The third kappa shape index (κ3) is 6.89. The molecule has 0 saturated carbocycles. The third-order valence-electron chi connectivity index (χ3n) is 3.47. The number of rotatable bonds is 6. The normalized spacial score (nSPS) is 19.1. The number of nitrogens with one attached hydrogen (secondary N) is 1. The Hall–Kier alpha value is -1.10. The molecule has 0 bridgehead atoms. The zero-order valence-corrected chi connectivity index (χ0v) is 13.4. The summed E-state index contributed by atoms with van der Waals surface area (Å²) < 4.78 is 0. The van der Waals surface area contributed by atoms with Crippen LogP contribution in [-0.4, -0.2) is 41.9 Å². The lowest BCUT2D eigenvalue weighted by Crippen LogP contribution is -2.45. The van der Waals surface area contributed by atoms with Crippen LogP contribution in [0.25, 0.3) is 0 Å². The van der Waals surface area contributed by atoms with E-state index >= 15 is 0 Å². The molecule has 0 aliphatic carbocycles. The van der Waals surface area contributed by atoms with Crippen LogP contribution < -0.4 is 11.1 Å². The summed E-state index contributed by atoms with van der Waals surface area (Å²) in [4.78, 5) is 24.6. The van der Waals surface area contributed by atoms with E-state index in [0.717, 1.165) is 32.2 Å². The van der Waals surface area contributed by atoms with Gasteiger partial charge in [-0.1, -0.05) is 13.8 Å². The van der Waals surface area contributed by atoms with Crippen LogP contribution in [-0.2, 0) is 9.59 Å². The van der Waals surface area contributed by atoms with Crippen molar-refractivity contribution in [2.45, 2.75) is 71.9 Å². The number of carbonyl (C=O) groups excluding carboxylic acids is 2. The molecular weight excluding hydrogens is 254 g/mol. The number of likely N-dealkylation sites (tertiary alicyclic amines) is 1. The first-order valence-corrected chi connectivity index (χ1v) is 7.83. The van der Waals surface area contributed by atoms with Gasteiger partial charge in [0.25, 0.3) is 0 Å². The molecule has 1 heterocycles. The Balaban J connectivity index is 0.00000172. The summed E-state index contributed by atoms with van der Waals surface area (Å²) in [6.07, 6.45) is 4.61. The molecule has 0 aromatic carbocycles. The molecule has 1 fully saturated rings. The van der Waals surface area contributed by atoms with Gasteiger partial charge in [-0.2, -0.15) is 0 Å². The third-order valence-corrected chi connectivity index (χ3v) is 3.47. The summed E-state index contributed by atoms with van der Waals surface area (Å²) >= 11 is 0. The van der Waals surface area contributed by atoms with Crippen molar-refractivity contribution in [3.8, 4) is 0 Å². The molecule has 0 unspecified atom stereocenters. The molecule has 20 heavy (non-hydrogen) atoms. The first-order chi connectivity index (χ1) is 9.52. The number of unbranched alkanes of at least 4 members (excludes halogenated alkanes) is 1. The molecule has 1 aliphatic heterocycles. The molecule has 1 aliphatic rings. The maximum atomic E-state index is 12.1. The molecule has 1 saturated heterocycles. The van der Waals surface area contributed by atoms with Crippen LogP contribution in [0, 0.1) is 0 Å².